The molecule has 1 aromatic carbocycles. The van der Waals surface area contributed by atoms with Crippen LogP contribution in [0.4, 0.5) is 9.52 Å². The van der Waals surface area contributed by atoms with Crippen molar-refractivity contribution in [3.8, 4) is 0 Å². The Morgan fingerprint density at radius 2 is 2.08 bits per heavy atom. The van der Waals surface area contributed by atoms with E-state index in [9.17, 15) is 9.18 Å². The second kappa shape index (κ2) is 7.38. The van der Waals surface area contributed by atoms with E-state index < -0.39 is 11.7 Å². The van der Waals surface area contributed by atoms with Gasteiger partial charge in [-0.25, -0.2) is 9.37 Å². The molecule has 5 nitrogen and oxygen atoms in total. The molecular weight excluding hydrogens is 329 g/mol. The van der Waals surface area contributed by atoms with Crippen LogP contribution in [0.15, 0.2) is 29.6 Å². The Balaban J connectivity index is 1.61. The van der Waals surface area contributed by atoms with Gasteiger partial charge in [0.15, 0.2) is 5.13 Å². The zero-order chi connectivity index (χ0) is 17.1. The summed E-state index contributed by atoms with van der Waals surface area (Å²) in [6.45, 7) is 6.55. The van der Waals surface area contributed by atoms with Gasteiger partial charge in [-0.05, 0) is 26.0 Å². The summed E-state index contributed by atoms with van der Waals surface area (Å²) in [4.78, 5) is 18.8. The molecule has 1 fully saturated rings. The summed E-state index contributed by atoms with van der Waals surface area (Å²) in [5, 5.41) is 5.06. The molecular formula is C17H20FN3O2S. The van der Waals surface area contributed by atoms with Crippen LogP contribution in [0, 0.1) is 5.82 Å². The molecule has 1 amide bonds. The fourth-order valence-electron chi connectivity index (χ4n) is 2.89. The molecule has 0 spiro atoms. The van der Waals surface area contributed by atoms with Gasteiger partial charge in [-0.2, -0.15) is 0 Å². The number of hydrogen-bond donors (Lipinski definition) is 1. The van der Waals surface area contributed by atoms with Gasteiger partial charge in [-0.15, -0.1) is 11.3 Å². The van der Waals surface area contributed by atoms with Gasteiger partial charge in [-0.3, -0.25) is 15.0 Å². The fourth-order valence-corrected chi connectivity index (χ4v) is 3.59. The van der Waals surface area contributed by atoms with Gasteiger partial charge in [0.05, 0.1) is 23.5 Å². The molecule has 2 heterocycles. The number of anilines is 1. The number of benzene rings is 1. The van der Waals surface area contributed by atoms with Crippen LogP contribution >= 0.6 is 11.3 Å². The lowest BCUT2D eigenvalue weighted by atomic mass is 10.2. The molecule has 1 N–H and O–H groups in total. The Hall–Kier alpha value is -1.83. The molecule has 0 aliphatic carbocycles. The summed E-state index contributed by atoms with van der Waals surface area (Å²) >= 11 is 1.35. The zero-order valence-corrected chi connectivity index (χ0v) is 14.5. The van der Waals surface area contributed by atoms with Crippen molar-refractivity contribution in [3.63, 3.8) is 0 Å². The van der Waals surface area contributed by atoms with E-state index >= 15 is 0 Å². The molecule has 0 radical (unpaired) electrons. The van der Waals surface area contributed by atoms with Crippen LogP contribution < -0.4 is 5.32 Å². The van der Waals surface area contributed by atoms with Crippen molar-refractivity contribution in [3.05, 3.63) is 46.7 Å². The van der Waals surface area contributed by atoms with Crippen LogP contribution in [0.2, 0.25) is 0 Å². The summed E-state index contributed by atoms with van der Waals surface area (Å²) in [6.07, 6.45) is 0.403. The van der Waals surface area contributed by atoms with Gasteiger partial charge in [0.2, 0.25) is 0 Å². The van der Waals surface area contributed by atoms with E-state index in [1.165, 1.54) is 23.5 Å². The lowest BCUT2D eigenvalue weighted by molar-refractivity contribution is -0.0707. The van der Waals surface area contributed by atoms with Crippen molar-refractivity contribution in [1.29, 1.82) is 0 Å². The first-order valence-corrected chi connectivity index (χ1v) is 8.77. The molecule has 0 unspecified atom stereocenters. The van der Waals surface area contributed by atoms with Crippen LogP contribution in [-0.4, -0.2) is 41.1 Å². The molecule has 1 aliphatic heterocycles. The van der Waals surface area contributed by atoms with Crippen molar-refractivity contribution >= 4 is 22.4 Å². The molecule has 24 heavy (non-hydrogen) atoms. The second-order valence-corrected chi connectivity index (χ2v) is 6.89. The third kappa shape index (κ3) is 4.17. The predicted molar refractivity (Wildman–Crippen MR) is 91.8 cm³/mol. The first-order chi connectivity index (χ1) is 11.5. The lowest BCUT2D eigenvalue weighted by Gasteiger charge is -2.34. The first-order valence-electron chi connectivity index (χ1n) is 7.89. The molecule has 7 heteroatoms. The maximum Gasteiger partial charge on any atom is 0.260 e. The van der Waals surface area contributed by atoms with Gasteiger partial charge in [-0.1, -0.05) is 12.1 Å². The monoisotopic (exact) mass is 349 g/mol. The summed E-state index contributed by atoms with van der Waals surface area (Å²) in [6, 6.07) is 5.91. The SMILES string of the molecule is C[C@@H]1CN(Cc2csc(NC(=O)c3ccccc3F)n2)C[C@@H](C)O1. The van der Waals surface area contributed by atoms with Crippen molar-refractivity contribution in [2.24, 2.45) is 0 Å². The number of halogens is 1. The van der Waals surface area contributed by atoms with E-state index in [0.717, 1.165) is 18.8 Å². The highest BCUT2D eigenvalue weighted by atomic mass is 32.1. The van der Waals surface area contributed by atoms with Gasteiger partial charge < -0.3 is 4.74 Å². The molecule has 0 bridgehead atoms. The summed E-state index contributed by atoms with van der Waals surface area (Å²) < 4.78 is 19.4. The van der Waals surface area contributed by atoms with Crippen LogP contribution in [0.25, 0.3) is 0 Å². The minimum absolute atomic E-state index is 0.0186. The quantitative estimate of drug-likeness (QED) is 0.921. The average molecular weight is 349 g/mol. The number of hydrogen-bond acceptors (Lipinski definition) is 5. The van der Waals surface area contributed by atoms with E-state index in [1.54, 1.807) is 12.1 Å². The summed E-state index contributed by atoms with van der Waals surface area (Å²) in [5.41, 5.74) is 0.912. The van der Waals surface area contributed by atoms with Gasteiger partial charge in [0.1, 0.15) is 5.82 Å². The predicted octanol–water partition coefficient (Wildman–Crippen LogP) is 3.14. The first kappa shape index (κ1) is 17.0. The third-order valence-corrected chi connectivity index (χ3v) is 4.58. The number of carbonyl (C=O) groups excluding carboxylic acids is 1. The zero-order valence-electron chi connectivity index (χ0n) is 13.7. The summed E-state index contributed by atoms with van der Waals surface area (Å²) in [7, 11) is 0. The summed E-state index contributed by atoms with van der Waals surface area (Å²) in [5.74, 6) is -1.02. The minimum atomic E-state index is -0.539. The van der Waals surface area contributed by atoms with Crippen LogP contribution in [0.1, 0.15) is 29.9 Å². The van der Waals surface area contributed by atoms with E-state index in [2.05, 4.69) is 29.0 Å². The van der Waals surface area contributed by atoms with E-state index in [4.69, 9.17) is 4.74 Å². The Bertz CT molecular complexity index is 711. The number of amides is 1. The topological polar surface area (TPSA) is 54.5 Å². The normalized spacial score (nSPS) is 21.6. The number of nitrogens with one attached hydrogen (secondary N) is 1. The molecule has 2 atom stereocenters. The van der Waals surface area contributed by atoms with Crippen LogP contribution in [0.3, 0.4) is 0 Å². The largest absolute Gasteiger partial charge is 0.373 e. The highest BCUT2D eigenvalue weighted by Crippen LogP contribution is 2.20. The van der Waals surface area contributed by atoms with E-state index in [0.29, 0.717) is 11.7 Å². The third-order valence-electron chi connectivity index (χ3n) is 3.77. The molecule has 2 aromatic rings. The maximum atomic E-state index is 13.6. The number of morpholine rings is 1. The standard InChI is InChI=1S/C17H20FN3O2S/c1-11-7-21(8-12(2)23-11)9-13-10-24-17(19-13)20-16(22)14-5-3-4-6-15(14)18/h3-6,10-12H,7-9H2,1-2H3,(H,19,20,22)/t11-,12-/m1/s1. The molecule has 128 valence electrons. The number of aromatic nitrogens is 1. The Morgan fingerprint density at radius 1 is 1.38 bits per heavy atom. The highest BCUT2D eigenvalue weighted by Gasteiger charge is 2.23. The number of rotatable bonds is 4. The number of ether oxygens (including phenoxy) is 1. The van der Waals surface area contributed by atoms with Crippen LogP contribution in [0.5, 0.6) is 0 Å². The molecule has 3 rings (SSSR count). The number of nitrogens with zero attached hydrogens (tertiary/aromatic N) is 2. The second-order valence-electron chi connectivity index (χ2n) is 6.03. The maximum absolute atomic E-state index is 13.6. The molecule has 1 aromatic heterocycles. The number of carbonyl (C=O) groups is 1. The van der Waals surface area contributed by atoms with E-state index in [1.807, 2.05) is 5.38 Å². The van der Waals surface area contributed by atoms with Crippen molar-refractivity contribution < 1.29 is 13.9 Å². The van der Waals surface area contributed by atoms with Crippen LogP contribution in [-0.2, 0) is 11.3 Å². The van der Waals surface area contributed by atoms with Gasteiger partial charge in [0.25, 0.3) is 5.91 Å². The van der Waals surface area contributed by atoms with Gasteiger partial charge in [0, 0.05) is 25.0 Å². The average Bonchev–Trinajstić information content (AvgIpc) is 2.93. The lowest BCUT2D eigenvalue weighted by Crippen LogP contribution is -2.44. The Labute approximate surface area is 144 Å². The molecule has 1 saturated heterocycles. The molecule has 1 aliphatic rings. The minimum Gasteiger partial charge on any atom is -0.373 e. The van der Waals surface area contributed by atoms with Gasteiger partial charge >= 0.3 is 0 Å². The fraction of sp³-hybridized carbons (Fsp3) is 0.412. The van der Waals surface area contributed by atoms with Crippen molar-refractivity contribution in [2.75, 3.05) is 18.4 Å². The smallest absolute Gasteiger partial charge is 0.260 e. The number of thiazole rings is 1. The Kier molecular flexibility index (Phi) is 5.23. The molecule has 0 saturated carbocycles. The Morgan fingerprint density at radius 3 is 2.79 bits per heavy atom. The highest BCUT2D eigenvalue weighted by molar-refractivity contribution is 7.13. The van der Waals surface area contributed by atoms with Crippen molar-refractivity contribution in [2.45, 2.75) is 32.6 Å². The van der Waals surface area contributed by atoms with Crippen molar-refractivity contribution in [1.82, 2.24) is 9.88 Å². The van der Waals surface area contributed by atoms with E-state index in [-0.39, 0.29) is 17.8 Å².